The van der Waals surface area contributed by atoms with Gasteiger partial charge in [-0.25, -0.2) is 4.98 Å². The van der Waals surface area contributed by atoms with Crippen LogP contribution in [0.3, 0.4) is 0 Å². The van der Waals surface area contributed by atoms with Gasteiger partial charge in [-0.05, 0) is 13.8 Å². The topological polar surface area (TPSA) is 42.4 Å². The Morgan fingerprint density at radius 3 is 2.35 bits per heavy atom. The standard InChI is InChI=1S/C13H23NO2S/c1-12(2,3)9-8-17-11(14-9)7-10(15)13(4,5)16-6/h8,10,15H,7H2,1-6H3. The third-order valence-electron chi connectivity index (χ3n) is 3.02. The van der Waals surface area contributed by atoms with Crippen molar-refractivity contribution in [1.82, 2.24) is 4.98 Å². The van der Waals surface area contributed by atoms with E-state index in [2.05, 4.69) is 31.1 Å². The fourth-order valence-electron chi connectivity index (χ4n) is 1.30. The van der Waals surface area contributed by atoms with Gasteiger partial charge < -0.3 is 9.84 Å². The second-order valence-electron chi connectivity index (χ2n) is 5.90. The van der Waals surface area contributed by atoms with Gasteiger partial charge in [0.1, 0.15) is 0 Å². The van der Waals surface area contributed by atoms with Crippen LogP contribution < -0.4 is 0 Å². The highest BCUT2D eigenvalue weighted by molar-refractivity contribution is 7.09. The third-order valence-corrected chi connectivity index (χ3v) is 3.89. The number of methoxy groups -OCH3 is 1. The van der Waals surface area contributed by atoms with Crippen molar-refractivity contribution >= 4 is 11.3 Å². The summed E-state index contributed by atoms with van der Waals surface area (Å²) in [5, 5.41) is 13.1. The number of ether oxygens (including phenoxy) is 1. The van der Waals surface area contributed by atoms with E-state index in [0.29, 0.717) is 6.42 Å². The molecule has 0 bridgehead atoms. The summed E-state index contributed by atoms with van der Waals surface area (Å²) in [6.45, 7) is 10.2. The fraction of sp³-hybridized carbons (Fsp3) is 0.769. The zero-order valence-electron chi connectivity index (χ0n) is 11.6. The van der Waals surface area contributed by atoms with Crippen LogP contribution in [0.4, 0.5) is 0 Å². The fourth-order valence-corrected chi connectivity index (χ4v) is 2.36. The predicted molar refractivity (Wildman–Crippen MR) is 71.6 cm³/mol. The Morgan fingerprint density at radius 2 is 1.94 bits per heavy atom. The molecule has 0 aromatic carbocycles. The van der Waals surface area contributed by atoms with Crippen LogP contribution in [0.1, 0.15) is 45.3 Å². The van der Waals surface area contributed by atoms with Crippen LogP contribution in [-0.4, -0.2) is 28.9 Å². The lowest BCUT2D eigenvalue weighted by atomic mass is 9.93. The van der Waals surface area contributed by atoms with E-state index in [4.69, 9.17) is 4.74 Å². The van der Waals surface area contributed by atoms with Gasteiger partial charge >= 0.3 is 0 Å². The van der Waals surface area contributed by atoms with Crippen LogP contribution in [0.5, 0.6) is 0 Å². The summed E-state index contributed by atoms with van der Waals surface area (Å²) in [4.78, 5) is 4.57. The summed E-state index contributed by atoms with van der Waals surface area (Å²) in [5.74, 6) is 0. The van der Waals surface area contributed by atoms with Crippen molar-refractivity contribution in [2.45, 2.75) is 58.2 Å². The first-order valence-corrected chi connectivity index (χ1v) is 6.73. The minimum atomic E-state index is -0.536. The first kappa shape index (κ1) is 14.6. The van der Waals surface area contributed by atoms with Gasteiger partial charge in [-0.3, -0.25) is 0 Å². The van der Waals surface area contributed by atoms with Crippen molar-refractivity contribution in [1.29, 1.82) is 0 Å². The van der Waals surface area contributed by atoms with Crippen LogP contribution in [0, 0.1) is 0 Å². The number of aliphatic hydroxyl groups excluding tert-OH is 1. The van der Waals surface area contributed by atoms with Crippen molar-refractivity contribution < 1.29 is 9.84 Å². The maximum absolute atomic E-state index is 10.1. The summed E-state index contributed by atoms with van der Waals surface area (Å²) in [6, 6.07) is 0. The van der Waals surface area contributed by atoms with Crippen LogP contribution in [0.15, 0.2) is 5.38 Å². The molecule has 1 aromatic heterocycles. The maximum atomic E-state index is 10.1. The monoisotopic (exact) mass is 257 g/mol. The van der Waals surface area contributed by atoms with E-state index in [1.807, 2.05) is 13.8 Å². The van der Waals surface area contributed by atoms with Crippen molar-refractivity contribution in [2.75, 3.05) is 7.11 Å². The molecule has 1 unspecified atom stereocenters. The van der Waals surface area contributed by atoms with Crippen LogP contribution in [0.2, 0.25) is 0 Å². The van der Waals surface area contributed by atoms with E-state index in [9.17, 15) is 5.11 Å². The SMILES string of the molecule is COC(C)(C)C(O)Cc1nc(C(C)(C)C)cs1. The molecule has 3 nitrogen and oxygen atoms in total. The largest absolute Gasteiger partial charge is 0.390 e. The van der Waals surface area contributed by atoms with E-state index in [-0.39, 0.29) is 5.41 Å². The first-order chi connectivity index (χ1) is 7.66. The highest BCUT2D eigenvalue weighted by Gasteiger charge is 2.28. The van der Waals surface area contributed by atoms with Gasteiger partial charge in [0.15, 0.2) is 0 Å². The first-order valence-electron chi connectivity index (χ1n) is 5.85. The molecule has 17 heavy (non-hydrogen) atoms. The Morgan fingerprint density at radius 1 is 1.35 bits per heavy atom. The highest BCUT2D eigenvalue weighted by Crippen LogP contribution is 2.26. The maximum Gasteiger partial charge on any atom is 0.0955 e. The Hall–Kier alpha value is -0.450. The normalized spacial score (nSPS) is 15.0. The molecule has 0 spiro atoms. The van der Waals surface area contributed by atoms with E-state index in [0.717, 1.165) is 10.7 Å². The third kappa shape index (κ3) is 3.76. The van der Waals surface area contributed by atoms with E-state index >= 15 is 0 Å². The van der Waals surface area contributed by atoms with E-state index in [1.165, 1.54) is 0 Å². The molecule has 1 heterocycles. The number of hydrogen-bond donors (Lipinski definition) is 1. The van der Waals surface area contributed by atoms with Gasteiger partial charge in [0, 0.05) is 24.3 Å². The zero-order valence-corrected chi connectivity index (χ0v) is 12.4. The molecule has 4 heteroatoms. The molecule has 0 saturated heterocycles. The molecular formula is C13H23NO2S. The number of aromatic nitrogens is 1. The van der Waals surface area contributed by atoms with Crippen molar-refractivity contribution in [3.63, 3.8) is 0 Å². The van der Waals surface area contributed by atoms with Crippen molar-refractivity contribution in [3.8, 4) is 0 Å². The molecule has 1 aromatic rings. The van der Waals surface area contributed by atoms with E-state index in [1.54, 1.807) is 18.4 Å². The van der Waals surface area contributed by atoms with Gasteiger partial charge in [-0.1, -0.05) is 20.8 Å². The molecular weight excluding hydrogens is 234 g/mol. The van der Waals surface area contributed by atoms with Crippen LogP contribution >= 0.6 is 11.3 Å². The number of hydrogen-bond acceptors (Lipinski definition) is 4. The molecule has 0 aliphatic carbocycles. The average molecular weight is 257 g/mol. The average Bonchev–Trinajstić information content (AvgIpc) is 2.65. The molecule has 1 rings (SSSR count). The molecule has 1 atom stereocenters. The van der Waals surface area contributed by atoms with Gasteiger partial charge in [0.2, 0.25) is 0 Å². The predicted octanol–water partition coefficient (Wildman–Crippen LogP) is 2.77. The van der Waals surface area contributed by atoms with Crippen molar-refractivity contribution in [2.24, 2.45) is 0 Å². The summed E-state index contributed by atoms with van der Waals surface area (Å²) in [5.41, 5.74) is 0.615. The summed E-state index contributed by atoms with van der Waals surface area (Å²) < 4.78 is 5.27. The minimum absolute atomic E-state index is 0.0659. The minimum Gasteiger partial charge on any atom is -0.390 e. The number of aliphatic hydroxyl groups is 1. The van der Waals surface area contributed by atoms with E-state index < -0.39 is 11.7 Å². The Balaban J connectivity index is 2.74. The molecule has 0 fully saturated rings. The lowest BCUT2D eigenvalue weighted by Gasteiger charge is -2.28. The highest BCUT2D eigenvalue weighted by atomic mass is 32.1. The molecule has 0 aliphatic rings. The smallest absolute Gasteiger partial charge is 0.0955 e. The second kappa shape index (κ2) is 5.04. The summed E-state index contributed by atoms with van der Waals surface area (Å²) in [6.07, 6.45) is 0.00756. The lowest BCUT2D eigenvalue weighted by Crippen LogP contribution is -2.39. The molecule has 1 N–H and O–H groups in total. The van der Waals surface area contributed by atoms with Gasteiger partial charge in [0.05, 0.1) is 22.4 Å². The molecule has 0 radical (unpaired) electrons. The molecule has 98 valence electrons. The van der Waals surface area contributed by atoms with Gasteiger partial charge in [-0.15, -0.1) is 11.3 Å². The molecule has 0 aliphatic heterocycles. The molecule has 0 saturated carbocycles. The van der Waals surface area contributed by atoms with Gasteiger partial charge in [0.25, 0.3) is 0 Å². The number of rotatable bonds is 4. The number of nitrogens with zero attached hydrogens (tertiary/aromatic N) is 1. The Bertz CT molecular complexity index is 366. The van der Waals surface area contributed by atoms with Gasteiger partial charge in [-0.2, -0.15) is 0 Å². The Labute approximate surface area is 108 Å². The quantitative estimate of drug-likeness (QED) is 0.902. The van der Waals surface area contributed by atoms with Crippen molar-refractivity contribution in [3.05, 3.63) is 16.1 Å². The van der Waals surface area contributed by atoms with Crippen LogP contribution in [0.25, 0.3) is 0 Å². The van der Waals surface area contributed by atoms with Crippen LogP contribution in [-0.2, 0) is 16.6 Å². The lowest BCUT2D eigenvalue weighted by molar-refractivity contribution is -0.0765. The summed E-state index contributed by atoms with van der Waals surface area (Å²) in [7, 11) is 1.62. The molecule has 0 amide bonds. The Kier molecular flexibility index (Phi) is 4.33. The zero-order chi connectivity index (χ0) is 13.3. The summed E-state index contributed by atoms with van der Waals surface area (Å²) >= 11 is 1.60. The number of thiazole rings is 1. The second-order valence-corrected chi connectivity index (χ2v) is 6.85.